The average Bonchev–Trinajstić information content (AvgIpc) is 3.30. The third-order valence-electron chi connectivity index (χ3n) is 14.1. The fourth-order valence-corrected chi connectivity index (χ4v) is 10.9. The van der Waals surface area contributed by atoms with Gasteiger partial charge in [0.15, 0.2) is 24.1 Å². The molecule has 1 aliphatic carbocycles. The van der Waals surface area contributed by atoms with Crippen molar-refractivity contribution in [1.29, 1.82) is 0 Å². The number of ketones is 2. The molecule has 1 unspecified atom stereocenters. The first kappa shape index (κ1) is 47.1. The minimum Gasteiger partial charge on any atom is -0.504 e. The van der Waals surface area contributed by atoms with Crippen LogP contribution < -0.4 is 26.4 Å². The molecule has 3 aliphatic heterocycles. The normalized spacial score (nSPS) is 23.4. The lowest BCUT2D eigenvalue weighted by Crippen LogP contribution is -2.56. The number of rotatable bonds is 23. The lowest BCUT2D eigenvalue weighted by atomic mass is 9.60. The molecule has 0 radical (unpaired) electrons. The molecule has 3 heterocycles. The summed E-state index contributed by atoms with van der Waals surface area (Å²) in [4.78, 5) is 26.5. The molecule has 4 aliphatic rings. The largest absolute Gasteiger partial charge is 0.504 e. The third kappa shape index (κ3) is 13.4. The van der Waals surface area contributed by atoms with Crippen LogP contribution in [0.4, 0.5) is 0 Å². The number of carbonyl (C=O) groups is 2. The SMILES string of the molecule is NC1C=C(CCc2cccc(CCc3ccccc3)c2)C(Cc2cc(O)c(OCO)cc2/C=C/C(=O)CC(=O)CCC[C@H](CCCO)C[C@@H]2[C@@H]3CCNC[C@@H]3C[C@@H]3C=CCN[C@@H]23)=CN1. The second kappa shape index (κ2) is 23.9. The maximum Gasteiger partial charge on any atom is 0.186 e. The van der Waals surface area contributed by atoms with Crippen LogP contribution in [0.25, 0.3) is 6.08 Å². The van der Waals surface area contributed by atoms with Gasteiger partial charge in [-0.1, -0.05) is 79.2 Å². The van der Waals surface area contributed by atoms with Crippen molar-refractivity contribution in [2.75, 3.05) is 33.0 Å². The van der Waals surface area contributed by atoms with E-state index in [1.807, 2.05) is 18.3 Å². The quantitative estimate of drug-likeness (QED) is 0.0223. The monoisotopic (exact) mass is 871 g/mol. The summed E-state index contributed by atoms with van der Waals surface area (Å²) in [6, 6.07) is 23.0. The van der Waals surface area contributed by atoms with Gasteiger partial charge in [0, 0.05) is 31.8 Å². The number of aryl methyl sites for hydroxylation is 3. The number of fused-ring (bicyclic) bond motifs is 2. The molecular weight excluding hydrogens is 801 g/mol. The van der Waals surface area contributed by atoms with E-state index in [1.54, 1.807) is 18.2 Å². The summed E-state index contributed by atoms with van der Waals surface area (Å²) in [6.07, 6.45) is 22.5. The molecule has 1 saturated heterocycles. The predicted octanol–water partition coefficient (Wildman–Crippen LogP) is 7.26. The Labute approximate surface area is 380 Å². The van der Waals surface area contributed by atoms with Crippen LogP contribution in [-0.2, 0) is 35.3 Å². The summed E-state index contributed by atoms with van der Waals surface area (Å²) < 4.78 is 5.31. The number of hydrogen-bond acceptors (Lipinski definition) is 10. The fraction of sp³-hybridized carbons (Fsp3) is 0.481. The Morgan fingerprint density at radius 1 is 0.922 bits per heavy atom. The number of Topliss-reactive ketones (excluding diaryl/α,β-unsaturated/α-hetero) is 1. The van der Waals surface area contributed by atoms with Gasteiger partial charge < -0.3 is 41.7 Å². The van der Waals surface area contributed by atoms with E-state index in [0.29, 0.717) is 54.0 Å². The molecule has 1 saturated carbocycles. The van der Waals surface area contributed by atoms with E-state index >= 15 is 0 Å². The number of carbonyl (C=O) groups excluding carboxylic acids is 2. The zero-order chi connectivity index (χ0) is 44.7. The van der Waals surface area contributed by atoms with Crippen molar-refractivity contribution in [3.8, 4) is 11.5 Å². The molecule has 10 heteroatoms. The summed E-state index contributed by atoms with van der Waals surface area (Å²) in [7, 11) is 0. The lowest BCUT2D eigenvalue weighted by Gasteiger charge is -2.51. The second-order valence-electron chi connectivity index (χ2n) is 18.5. The van der Waals surface area contributed by atoms with Gasteiger partial charge in [0.2, 0.25) is 0 Å². The standard InChI is InChI=1S/C54H70N4O6/c55-53-32-42(19-18-40-11-4-10-39(26-40)17-16-37-8-2-1-3-9-37)45(35-58-53)29-44-30-51(63)52(64-36-60)31-41(44)20-21-48(62)33-47(61)15-5-12-38(13-7-25-59)27-50-49-22-24-56-34-46(49)28-43-14-6-23-57-54(43)50/h1-4,6,8-11,14,20-21,26,30-32,35,38,43,46,49-50,53-54,56-60,63H,5,7,12-13,15-19,22-25,27-29,33-34,36,55H2/b21-20+/t38-,43+,46+,49-,50-,53?,54-/m1/s1. The number of nitrogens with two attached hydrogens (primary N) is 1. The Kier molecular flexibility index (Phi) is 17.6. The third-order valence-corrected chi connectivity index (χ3v) is 14.1. The molecular formula is C54H70N4O6. The van der Waals surface area contributed by atoms with Gasteiger partial charge in [-0.15, -0.1) is 0 Å². The smallest absolute Gasteiger partial charge is 0.186 e. The molecule has 2 fully saturated rings. The number of aliphatic hydroxyl groups excluding tert-OH is 2. The summed E-state index contributed by atoms with van der Waals surface area (Å²) in [6.45, 7) is 2.65. The first-order valence-electron chi connectivity index (χ1n) is 23.8. The second-order valence-corrected chi connectivity index (χ2v) is 18.5. The number of ether oxygens (including phenoxy) is 1. The first-order chi connectivity index (χ1) is 31.3. The summed E-state index contributed by atoms with van der Waals surface area (Å²) in [5, 5.41) is 40.9. The van der Waals surface area contributed by atoms with Gasteiger partial charge >= 0.3 is 0 Å². The average molecular weight is 871 g/mol. The minimum absolute atomic E-state index is 0.0766. The van der Waals surface area contributed by atoms with Crippen molar-refractivity contribution in [2.45, 2.75) is 102 Å². The maximum absolute atomic E-state index is 13.3. The van der Waals surface area contributed by atoms with E-state index in [0.717, 1.165) is 94.1 Å². The van der Waals surface area contributed by atoms with Crippen molar-refractivity contribution < 1.29 is 29.6 Å². The van der Waals surface area contributed by atoms with E-state index in [4.69, 9.17) is 10.5 Å². The van der Waals surface area contributed by atoms with Gasteiger partial charge in [-0.3, -0.25) is 9.59 Å². The van der Waals surface area contributed by atoms with Crippen LogP contribution in [-0.4, -0.2) is 72.1 Å². The number of allylic oxidation sites excluding steroid dienone is 3. The van der Waals surface area contributed by atoms with Gasteiger partial charge in [0.1, 0.15) is 5.78 Å². The van der Waals surface area contributed by atoms with Crippen molar-refractivity contribution in [3.05, 3.63) is 136 Å². The summed E-state index contributed by atoms with van der Waals surface area (Å²) >= 11 is 0. The topological polar surface area (TPSA) is 166 Å². The molecule has 0 amide bonds. The van der Waals surface area contributed by atoms with Crippen LogP contribution >= 0.6 is 0 Å². The van der Waals surface area contributed by atoms with Crippen LogP contribution in [0.2, 0.25) is 0 Å². The highest BCUT2D eigenvalue weighted by Crippen LogP contribution is 2.46. The number of nitrogens with one attached hydrogen (secondary N) is 3. The molecule has 8 N–H and O–H groups in total. The Morgan fingerprint density at radius 2 is 1.70 bits per heavy atom. The Hall–Kier alpha value is -4.84. The number of phenols is 1. The first-order valence-corrected chi connectivity index (χ1v) is 23.8. The van der Waals surface area contributed by atoms with E-state index in [-0.39, 0.29) is 42.3 Å². The predicted molar refractivity (Wildman–Crippen MR) is 254 cm³/mol. The molecule has 3 aromatic rings. The molecule has 10 nitrogen and oxygen atoms in total. The van der Waals surface area contributed by atoms with Crippen molar-refractivity contribution in [2.24, 2.45) is 35.3 Å². The number of phenolic OH excluding ortho intramolecular Hbond substituents is 1. The van der Waals surface area contributed by atoms with Crippen molar-refractivity contribution in [1.82, 2.24) is 16.0 Å². The molecule has 7 rings (SSSR count). The molecule has 0 spiro atoms. The zero-order valence-corrected chi connectivity index (χ0v) is 37.4. The highest BCUT2D eigenvalue weighted by Gasteiger charge is 2.45. The van der Waals surface area contributed by atoms with Crippen LogP contribution in [0, 0.1) is 29.6 Å². The van der Waals surface area contributed by atoms with Gasteiger partial charge in [0.25, 0.3) is 0 Å². The van der Waals surface area contributed by atoms with Crippen molar-refractivity contribution in [3.63, 3.8) is 0 Å². The molecule has 64 heavy (non-hydrogen) atoms. The Morgan fingerprint density at radius 3 is 2.52 bits per heavy atom. The summed E-state index contributed by atoms with van der Waals surface area (Å²) in [5.41, 5.74) is 13.7. The van der Waals surface area contributed by atoms with Crippen molar-refractivity contribution >= 4 is 17.6 Å². The highest BCUT2D eigenvalue weighted by atomic mass is 16.6. The van der Waals surface area contributed by atoms with Gasteiger partial charge in [-0.05, 0) is 177 Å². The number of dihydropyridines is 1. The molecule has 342 valence electrons. The molecule has 0 aromatic heterocycles. The van der Waals surface area contributed by atoms with E-state index in [9.17, 15) is 24.9 Å². The molecule has 3 aromatic carbocycles. The Balaban J connectivity index is 0.952. The van der Waals surface area contributed by atoms with Crippen LogP contribution in [0.5, 0.6) is 11.5 Å². The van der Waals surface area contributed by atoms with E-state index in [1.165, 1.54) is 35.6 Å². The number of piperidine rings is 1. The van der Waals surface area contributed by atoms with Gasteiger partial charge in [-0.2, -0.15) is 0 Å². The fourth-order valence-electron chi connectivity index (χ4n) is 10.9. The maximum atomic E-state index is 13.3. The molecule has 7 atom stereocenters. The van der Waals surface area contributed by atoms with Gasteiger partial charge in [-0.25, -0.2) is 0 Å². The van der Waals surface area contributed by atoms with E-state index in [2.05, 4.69) is 76.6 Å². The van der Waals surface area contributed by atoms with Gasteiger partial charge in [0.05, 0.1) is 12.6 Å². The number of benzene rings is 3. The minimum atomic E-state index is -0.619. The number of aromatic hydroxyl groups is 1. The zero-order valence-electron chi connectivity index (χ0n) is 37.4. The van der Waals surface area contributed by atoms with Crippen LogP contribution in [0.3, 0.4) is 0 Å². The lowest BCUT2D eigenvalue weighted by molar-refractivity contribution is -0.124. The van der Waals surface area contributed by atoms with Crippen LogP contribution in [0.15, 0.2) is 108 Å². The number of hydrogen-bond donors (Lipinski definition) is 7. The highest BCUT2D eigenvalue weighted by molar-refractivity contribution is 6.06. The van der Waals surface area contributed by atoms with Crippen LogP contribution in [0.1, 0.15) is 92.0 Å². The van der Waals surface area contributed by atoms with E-state index < -0.39 is 6.79 Å². The molecule has 0 bridgehead atoms. The Bertz CT molecular complexity index is 2130. The number of aliphatic hydroxyl groups is 2. The summed E-state index contributed by atoms with van der Waals surface area (Å²) in [5.74, 6) is 2.57.